The van der Waals surface area contributed by atoms with Crippen LogP contribution < -0.4 is 14.9 Å². The zero-order valence-electron chi connectivity index (χ0n) is 18.2. The van der Waals surface area contributed by atoms with Crippen LogP contribution in [0.2, 0.25) is 0 Å². The first-order valence-corrected chi connectivity index (χ1v) is 11.5. The molecule has 0 atom stereocenters. The molecule has 0 bridgehead atoms. The first kappa shape index (κ1) is 24.6. The number of amides is 3. The number of para-hydroxylation sites is 1. The van der Waals surface area contributed by atoms with Crippen LogP contribution in [0.4, 0.5) is 11.4 Å². The summed E-state index contributed by atoms with van der Waals surface area (Å²) in [6, 6.07) is 12.3. The molecule has 0 heterocycles. The molecule has 0 aromatic heterocycles. The summed E-state index contributed by atoms with van der Waals surface area (Å²) in [7, 11) is -0.586. The molecule has 10 heteroatoms. The van der Waals surface area contributed by atoms with E-state index in [-0.39, 0.29) is 29.4 Å². The summed E-state index contributed by atoms with van der Waals surface area (Å²) >= 11 is 0. The lowest BCUT2D eigenvalue weighted by atomic mass is 10.1. The molecule has 32 heavy (non-hydrogen) atoms. The highest BCUT2D eigenvalue weighted by Gasteiger charge is 2.22. The molecular weight excluding hydrogens is 432 g/mol. The summed E-state index contributed by atoms with van der Waals surface area (Å²) in [5.74, 6) is -1.26. The average molecular weight is 459 g/mol. The van der Waals surface area contributed by atoms with Crippen LogP contribution in [-0.2, 0) is 14.8 Å². The van der Waals surface area contributed by atoms with Crippen molar-refractivity contribution in [1.29, 1.82) is 0 Å². The van der Waals surface area contributed by atoms with Gasteiger partial charge in [0.2, 0.25) is 15.9 Å². The highest BCUT2D eigenvalue weighted by molar-refractivity contribution is 7.92. The lowest BCUT2D eigenvalue weighted by Crippen LogP contribution is -2.37. The minimum atomic E-state index is -3.81. The summed E-state index contributed by atoms with van der Waals surface area (Å²) in [4.78, 5) is 38.4. The average Bonchev–Trinajstić information content (AvgIpc) is 2.75. The SMILES string of the molecule is C=CCNC(=O)c1ccccc1NC(=O)CN(c1ccc(C(=O)N(C)C)cc1)S(C)(=O)=O. The van der Waals surface area contributed by atoms with E-state index in [1.807, 2.05) is 0 Å². The van der Waals surface area contributed by atoms with Gasteiger partial charge in [-0.1, -0.05) is 18.2 Å². The molecule has 0 aliphatic carbocycles. The third-order valence-corrected chi connectivity index (χ3v) is 5.49. The number of sulfonamides is 1. The van der Waals surface area contributed by atoms with Crippen LogP contribution in [0.3, 0.4) is 0 Å². The predicted molar refractivity (Wildman–Crippen MR) is 124 cm³/mol. The maximum absolute atomic E-state index is 12.7. The van der Waals surface area contributed by atoms with E-state index in [2.05, 4.69) is 17.2 Å². The molecule has 3 amide bonds. The van der Waals surface area contributed by atoms with Gasteiger partial charge in [0.05, 0.1) is 23.2 Å². The van der Waals surface area contributed by atoms with Gasteiger partial charge < -0.3 is 15.5 Å². The van der Waals surface area contributed by atoms with Gasteiger partial charge in [-0.3, -0.25) is 18.7 Å². The van der Waals surface area contributed by atoms with Crippen molar-refractivity contribution in [1.82, 2.24) is 10.2 Å². The fourth-order valence-electron chi connectivity index (χ4n) is 2.80. The Morgan fingerprint density at radius 1 is 1.03 bits per heavy atom. The van der Waals surface area contributed by atoms with E-state index >= 15 is 0 Å². The maximum Gasteiger partial charge on any atom is 0.253 e. The van der Waals surface area contributed by atoms with Crippen LogP contribution in [0.15, 0.2) is 61.2 Å². The monoisotopic (exact) mass is 458 g/mol. The molecule has 9 nitrogen and oxygen atoms in total. The van der Waals surface area contributed by atoms with Crippen LogP contribution in [0, 0.1) is 0 Å². The Morgan fingerprint density at radius 3 is 2.22 bits per heavy atom. The number of hydrogen-bond donors (Lipinski definition) is 2. The largest absolute Gasteiger partial charge is 0.349 e. The zero-order chi connectivity index (χ0) is 23.9. The molecule has 0 radical (unpaired) electrons. The second kappa shape index (κ2) is 10.6. The number of nitrogens with one attached hydrogen (secondary N) is 2. The third kappa shape index (κ3) is 6.42. The molecule has 0 spiro atoms. The van der Waals surface area contributed by atoms with Crippen molar-refractivity contribution in [2.75, 3.05) is 43.1 Å². The van der Waals surface area contributed by atoms with Crippen molar-refractivity contribution in [2.45, 2.75) is 0 Å². The van der Waals surface area contributed by atoms with Crippen LogP contribution in [-0.4, -0.2) is 64.5 Å². The highest BCUT2D eigenvalue weighted by Crippen LogP contribution is 2.20. The van der Waals surface area contributed by atoms with Gasteiger partial charge in [-0.2, -0.15) is 0 Å². The van der Waals surface area contributed by atoms with Crippen LogP contribution in [0.25, 0.3) is 0 Å². The van der Waals surface area contributed by atoms with Crippen LogP contribution in [0.1, 0.15) is 20.7 Å². The normalized spacial score (nSPS) is 10.7. The fraction of sp³-hybridized carbons (Fsp3) is 0.227. The molecule has 0 saturated carbocycles. The van der Waals surface area contributed by atoms with E-state index in [1.54, 1.807) is 38.4 Å². The molecule has 2 rings (SSSR count). The molecule has 0 aliphatic heterocycles. The van der Waals surface area contributed by atoms with Gasteiger partial charge in [0.1, 0.15) is 6.54 Å². The maximum atomic E-state index is 12.7. The lowest BCUT2D eigenvalue weighted by molar-refractivity contribution is -0.114. The van der Waals surface area contributed by atoms with Gasteiger partial charge in [-0.05, 0) is 36.4 Å². The van der Waals surface area contributed by atoms with Crippen molar-refractivity contribution < 1.29 is 22.8 Å². The molecule has 0 aliphatic rings. The number of rotatable bonds is 9. The Bertz CT molecular complexity index is 1110. The van der Waals surface area contributed by atoms with Crippen molar-refractivity contribution in [3.8, 4) is 0 Å². The second-order valence-electron chi connectivity index (χ2n) is 7.11. The van der Waals surface area contributed by atoms with Crippen molar-refractivity contribution in [3.05, 3.63) is 72.3 Å². The third-order valence-electron chi connectivity index (χ3n) is 4.35. The summed E-state index contributed by atoms with van der Waals surface area (Å²) in [5.41, 5.74) is 1.10. The van der Waals surface area contributed by atoms with E-state index in [0.29, 0.717) is 5.56 Å². The number of carbonyl (C=O) groups excluding carboxylic acids is 3. The number of nitrogens with zero attached hydrogens (tertiary/aromatic N) is 2. The van der Waals surface area contributed by atoms with Crippen molar-refractivity contribution >= 4 is 39.1 Å². The first-order valence-electron chi connectivity index (χ1n) is 9.62. The lowest BCUT2D eigenvalue weighted by Gasteiger charge is -2.22. The number of carbonyl (C=O) groups is 3. The molecule has 0 saturated heterocycles. The van der Waals surface area contributed by atoms with Crippen LogP contribution >= 0.6 is 0 Å². The Balaban J connectivity index is 2.23. The molecule has 2 N–H and O–H groups in total. The Labute approximate surface area is 187 Å². The van der Waals surface area contributed by atoms with E-state index in [9.17, 15) is 22.8 Å². The quantitative estimate of drug-likeness (QED) is 0.555. The zero-order valence-corrected chi connectivity index (χ0v) is 19.0. The number of hydrogen-bond acceptors (Lipinski definition) is 5. The first-order chi connectivity index (χ1) is 15.0. The molecule has 0 unspecified atom stereocenters. The second-order valence-corrected chi connectivity index (χ2v) is 9.02. The Kier molecular flexibility index (Phi) is 8.14. The van der Waals surface area contributed by atoms with Crippen LogP contribution in [0.5, 0.6) is 0 Å². The summed E-state index contributed by atoms with van der Waals surface area (Å²) in [5, 5.41) is 5.22. The summed E-state index contributed by atoms with van der Waals surface area (Å²) < 4.78 is 25.6. The van der Waals surface area contributed by atoms with E-state index in [1.165, 1.54) is 35.2 Å². The smallest absolute Gasteiger partial charge is 0.253 e. The van der Waals surface area contributed by atoms with Gasteiger partial charge in [-0.15, -0.1) is 6.58 Å². The van der Waals surface area contributed by atoms with Gasteiger partial charge >= 0.3 is 0 Å². The topological polar surface area (TPSA) is 116 Å². The Hall–Kier alpha value is -3.66. The van der Waals surface area contributed by atoms with E-state index in [4.69, 9.17) is 0 Å². The molecule has 0 fully saturated rings. The summed E-state index contributed by atoms with van der Waals surface area (Å²) in [6.45, 7) is 3.28. The number of anilines is 2. The van der Waals surface area contributed by atoms with Gasteiger partial charge in [0, 0.05) is 26.2 Å². The van der Waals surface area contributed by atoms with Crippen molar-refractivity contribution in [3.63, 3.8) is 0 Å². The van der Waals surface area contributed by atoms with Gasteiger partial charge in [0.25, 0.3) is 11.8 Å². The number of benzene rings is 2. The van der Waals surface area contributed by atoms with Gasteiger partial charge in [0.15, 0.2) is 0 Å². The summed E-state index contributed by atoms with van der Waals surface area (Å²) in [6.07, 6.45) is 2.51. The minimum Gasteiger partial charge on any atom is -0.349 e. The minimum absolute atomic E-state index is 0.230. The highest BCUT2D eigenvalue weighted by atomic mass is 32.2. The van der Waals surface area contributed by atoms with E-state index in [0.717, 1.165) is 10.6 Å². The Morgan fingerprint density at radius 2 is 1.66 bits per heavy atom. The van der Waals surface area contributed by atoms with E-state index < -0.39 is 28.4 Å². The fourth-order valence-corrected chi connectivity index (χ4v) is 3.66. The van der Waals surface area contributed by atoms with Crippen molar-refractivity contribution in [2.24, 2.45) is 0 Å². The van der Waals surface area contributed by atoms with Gasteiger partial charge in [-0.25, -0.2) is 8.42 Å². The predicted octanol–water partition coefficient (Wildman–Crippen LogP) is 1.71. The molecule has 170 valence electrons. The molecular formula is C22H26N4O5S. The standard InChI is InChI=1S/C22H26N4O5S/c1-5-14-23-21(28)18-8-6-7-9-19(18)24-20(27)15-26(32(4,30)31)17-12-10-16(11-13-17)22(29)25(2)3/h5-13H,1,14-15H2,2-4H3,(H,23,28)(H,24,27). The molecule has 2 aromatic rings. The molecule has 2 aromatic carbocycles.